The summed E-state index contributed by atoms with van der Waals surface area (Å²) in [5.74, 6) is 1.46. The molecule has 1 N–H and O–H groups in total. The van der Waals surface area contributed by atoms with Crippen molar-refractivity contribution < 1.29 is 9.13 Å². The number of hydrogen-bond donors (Lipinski definition) is 1. The highest BCUT2D eigenvalue weighted by Crippen LogP contribution is 2.22. The van der Waals surface area contributed by atoms with E-state index in [1.165, 1.54) is 18.6 Å². The first-order valence-electron chi connectivity index (χ1n) is 9.18. The molecule has 0 spiro atoms. The van der Waals surface area contributed by atoms with E-state index in [1.54, 1.807) is 0 Å². The lowest BCUT2D eigenvalue weighted by Gasteiger charge is -2.30. The second kappa shape index (κ2) is 9.18. The second-order valence-electron chi connectivity index (χ2n) is 7.56. The average molecular weight is 349 g/mol. The van der Waals surface area contributed by atoms with E-state index in [0.29, 0.717) is 0 Å². The van der Waals surface area contributed by atoms with Gasteiger partial charge in [0.1, 0.15) is 5.82 Å². The maximum atomic E-state index is 13.1. The van der Waals surface area contributed by atoms with Crippen LogP contribution in [-0.2, 0) is 10.2 Å². The molecule has 2 rings (SSSR count). The Bertz CT molecular complexity index is 551. The van der Waals surface area contributed by atoms with Gasteiger partial charge in [0.05, 0.1) is 0 Å². The van der Waals surface area contributed by atoms with Crippen LogP contribution in [0.4, 0.5) is 4.39 Å². The van der Waals surface area contributed by atoms with E-state index in [0.717, 1.165) is 56.6 Å². The molecule has 1 aliphatic heterocycles. The van der Waals surface area contributed by atoms with E-state index in [-0.39, 0.29) is 11.2 Å². The number of guanidine groups is 1. The largest absolute Gasteiger partial charge is 0.381 e. The second-order valence-corrected chi connectivity index (χ2v) is 7.56. The van der Waals surface area contributed by atoms with Gasteiger partial charge in [0.15, 0.2) is 5.96 Å². The van der Waals surface area contributed by atoms with E-state index in [9.17, 15) is 4.39 Å². The molecule has 1 aromatic rings. The molecular weight excluding hydrogens is 317 g/mol. The zero-order valence-electron chi connectivity index (χ0n) is 16.0. The number of nitrogens with zero attached hydrogens (tertiary/aromatic N) is 2. The third-order valence-corrected chi connectivity index (χ3v) is 5.10. The first-order valence-corrected chi connectivity index (χ1v) is 9.18. The zero-order chi connectivity index (χ0) is 18.3. The molecule has 1 fully saturated rings. The summed E-state index contributed by atoms with van der Waals surface area (Å²) in [6.45, 7) is 7.83. The molecule has 0 aromatic heterocycles. The number of benzene rings is 1. The Kier molecular flexibility index (Phi) is 7.24. The van der Waals surface area contributed by atoms with Crippen LogP contribution in [0.2, 0.25) is 0 Å². The Morgan fingerprint density at radius 3 is 2.52 bits per heavy atom. The summed E-state index contributed by atoms with van der Waals surface area (Å²) < 4.78 is 18.6. The molecule has 1 aromatic carbocycles. The Hall–Kier alpha value is -1.62. The van der Waals surface area contributed by atoms with Gasteiger partial charge in [-0.05, 0) is 42.9 Å². The molecule has 140 valence electrons. The van der Waals surface area contributed by atoms with Crippen molar-refractivity contribution in [1.82, 2.24) is 10.2 Å². The lowest BCUT2D eigenvalue weighted by molar-refractivity contribution is 0.0625. The van der Waals surface area contributed by atoms with E-state index >= 15 is 0 Å². The molecule has 1 heterocycles. The third kappa shape index (κ3) is 5.99. The molecule has 1 aliphatic rings. The van der Waals surface area contributed by atoms with Crippen molar-refractivity contribution in [2.24, 2.45) is 10.9 Å². The van der Waals surface area contributed by atoms with Crippen LogP contribution in [-0.4, -0.2) is 51.3 Å². The van der Waals surface area contributed by atoms with Crippen LogP contribution in [0.3, 0.4) is 0 Å². The van der Waals surface area contributed by atoms with Gasteiger partial charge in [-0.15, -0.1) is 0 Å². The maximum absolute atomic E-state index is 13.1. The van der Waals surface area contributed by atoms with Crippen LogP contribution in [0.25, 0.3) is 0 Å². The topological polar surface area (TPSA) is 36.9 Å². The van der Waals surface area contributed by atoms with E-state index in [1.807, 2.05) is 19.2 Å². The summed E-state index contributed by atoms with van der Waals surface area (Å²) >= 11 is 0. The van der Waals surface area contributed by atoms with Gasteiger partial charge < -0.3 is 15.0 Å². The number of aliphatic imine (C=N–C) groups is 1. The molecule has 0 saturated carbocycles. The number of hydrogen-bond acceptors (Lipinski definition) is 2. The van der Waals surface area contributed by atoms with Gasteiger partial charge in [-0.2, -0.15) is 0 Å². The van der Waals surface area contributed by atoms with Crippen molar-refractivity contribution in [1.29, 1.82) is 0 Å². The van der Waals surface area contributed by atoms with Crippen LogP contribution >= 0.6 is 0 Å². The summed E-state index contributed by atoms with van der Waals surface area (Å²) in [6, 6.07) is 6.75. The van der Waals surface area contributed by atoms with Crippen molar-refractivity contribution in [3.05, 3.63) is 35.6 Å². The first kappa shape index (κ1) is 19.7. The van der Waals surface area contributed by atoms with Gasteiger partial charge >= 0.3 is 0 Å². The highest BCUT2D eigenvalue weighted by atomic mass is 19.1. The Morgan fingerprint density at radius 2 is 1.92 bits per heavy atom. The van der Waals surface area contributed by atoms with Crippen molar-refractivity contribution in [3.63, 3.8) is 0 Å². The van der Waals surface area contributed by atoms with Crippen LogP contribution in [0.5, 0.6) is 0 Å². The zero-order valence-corrected chi connectivity index (χ0v) is 16.0. The molecule has 5 heteroatoms. The number of rotatable bonds is 6. The Morgan fingerprint density at radius 1 is 1.28 bits per heavy atom. The summed E-state index contributed by atoms with van der Waals surface area (Å²) in [5.41, 5.74) is 1.01. The summed E-state index contributed by atoms with van der Waals surface area (Å²) in [5, 5.41) is 3.47. The minimum atomic E-state index is -0.198. The lowest BCUT2D eigenvalue weighted by Crippen LogP contribution is -2.44. The molecule has 0 unspecified atom stereocenters. The molecule has 0 bridgehead atoms. The molecule has 1 saturated heterocycles. The normalized spacial score (nSPS) is 16.8. The summed E-state index contributed by atoms with van der Waals surface area (Å²) in [6.07, 6.45) is 3.50. The summed E-state index contributed by atoms with van der Waals surface area (Å²) in [7, 11) is 3.90. The van der Waals surface area contributed by atoms with Gasteiger partial charge in [-0.3, -0.25) is 4.99 Å². The van der Waals surface area contributed by atoms with E-state index in [4.69, 9.17) is 4.74 Å². The van der Waals surface area contributed by atoms with Crippen LogP contribution < -0.4 is 5.32 Å². The van der Waals surface area contributed by atoms with Gasteiger partial charge in [-0.1, -0.05) is 26.0 Å². The Labute approximate surface area is 151 Å². The monoisotopic (exact) mass is 349 g/mol. The van der Waals surface area contributed by atoms with Crippen LogP contribution in [0.1, 0.15) is 38.7 Å². The average Bonchev–Trinajstić information content (AvgIpc) is 2.61. The minimum Gasteiger partial charge on any atom is -0.381 e. The maximum Gasteiger partial charge on any atom is 0.193 e. The van der Waals surface area contributed by atoms with Gasteiger partial charge in [-0.25, -0.2) is 4.39 Å². The highest BCUT2D eigenvalue weighted by molar-refractivity contribution is 5.79. The fourth-order valence-electron chi connectivity index (χ4n) is 3.21. The standard InChI is InChI=1S/C20H32FN3O/c1-20(2,17-5-7-18(21)8-6-17)15-23-19(22-3)24(4)12-9-16-10-13-25-14-11-16/h5-8,16H,9-15H2,1-4H3,(H,22,23). The molecule has 25 heavy (non-hydrogen) atoms. The van der Waals surface area contributed by atoms with Crippen LogP contribution in [0, 0.1) is 11.7 Å². The smallest absolute Gasteiger partial charge is 0.193 e. The fourth-order valence-corrected chi connectivity index (χ4v) is 3.21. The molecular formula is C20H32FN3O. The SMILES string of the molecule is CN=C(NCC(C)(C)c1ccc(F)cc1)N(C)CCC1CCOCC1. The molecule has 0 atom stereocenters. The number of nitrogens with one attached hydrogen (secondary N) is 1. The van der Waals surface area contributed by atoms with Crippen molar-refractivity contribution in [2.75, 3.05) is 40.4 Å². The van der Waals surface area contributed by atoms with Crippen molar-refractivity contribution in [2.45, 2.75) is 38.5 Å². The van der Waals surface area contributed by atoms with Crippen molar-refractivity contribution >= 4 is 5.96 Å². The van der Waals surface area contributed by atoms with E-state index in [2.05, 4.69) is 36.1 Å². The van der Waals surface area contributed by atoms with Gasteiger partial charge in [0.2, 0.25) is 0 Å². The molecule has 4 nitrogen and oxygen atoms in total. The third-order valence-electron chi connectivity index (χ3n) is 5.10. The fraction of sp³-hybridized carbons (Fsp3) is 0.650. The molecule has 0 radical (unpaired) electrons. The predicted octanol–water partition coefficient (Wildman–Crippen LogP) is 3.43. The van der Waals surface area contributed by atoms with E-state index < -0.39 is 0 Å². The highest BCUT2D eigenvalue weighted by Gasteiger charge is 2.22. The van der Waals surface area contributed by atoms with Crippen LogP contribution in [0.15, 0.2) is 29.3 Å². The predicted molar refractivity (Wildman–Crippen MR) is 102 cm³/mol. The number of halogens is 1. The Balaban J connectivity index is 1.84. The molecule has 0 amide bonds. The number of ether oxygens (including phenoxy) is 1. The lowest BCUT2D eigenvalue weighted by atomic mass is 9.84. The quantitative estimate of drug-likeness (QED) is 0.631. The van der Waals surface area contributed by atoms with Crippen molar-refractivity contribution in [3.8, 4) is 0 Å². The summed E-state index contributed by atoms with van der Waals surface area (Å²) in [4.78, 5) is 6.60. The minimum absolute atomic E-state index is 0.106. The van der Waals surface area contributed by atoms with Gasteiger partial charge in [0, 0.05) is 45.8 Å². The molecule has 0 aliphatic carbocycles. The van der Waals surface area contributed by atoms with Gasteiger partial charge in [0.25, 0.3) is 0 Å². The first-order chi connectivity index (χ1) is 11.9.